The minimum Gasteiger partial charge on any atom is -0.458 e. The second-order valence-corrected chi connectivity index (χ2v) is 22.3. The van der Waals surface area contributed by atoms with Gasteiger partial charge in [0, 0.05) is 12.8 Å². The van der Waals surface area contributed by atoms with Crippen LogP contribution in [-0.2, 0) is 75.1 Å². The third-order valence-electron chi connectivity index (χ3n) is 15.6. The lowest BCUT2D eigenvalue weighted by Gasteiger charge is -2.31. The SMILES string of the molecule is CC[C@@H](C)[C@@H](NC(=O)[C@@H](CCC(N)=O)NC(=O)[C@H](CO)NC(=O)[C@H](Cc1ccccc1)NC(=O)[C@@H](Cc1ccccc1)NC)C(=O)N[C@H](C(=O)N[C@@H](CO)C(=O)N[C@H]1C(=O)N[C@@H](C)C(=O)N[C@@H](CCCN)C(=O)N[C@@H]([C@@H](C)CC)C(=O)O[C@H]1C)[C@@H](C)CC. The Labute approximate surface area is 513 Å². The van der Waals surface area contributed by atoms with Gasteiger partial charge in [0.15, 0.2) is 0 Å². The van der Waals surface area contributed by atoms with Crippen molar-refractivity contribution in [3.8, 4) is 0 Å². The van der Waals surface area contributed by atoms with E-state index in [4.69, 9.17) is 16.2 Å². The molecule has 28 nitrogen and oxygen atoms in total. The maximum Gasteiger partial charge on any atom is 0.329 e. The van der Waals surface area contributed by atoms with E-state index >= 15 is 0 Å². The van der Waals surface area contributed by atoms with Crippen LogP contribution in [0.2, 0.25) is 0 Å². The Morgan fingerprint density at radius 3 is 1.56 bits per heavy atom. The summed E-state index contributed by atoms with van der Waals surface area (Å²) in [5, 5.41) is 49.4. The Morgan fingerprint density at radius 2 is 1.05 bits per heavy atom. The van der Waals surface area contributed by atoms with Crippen molar-refractivity contribution in [1.29, 1.82) is 0 Å². The molecule has 88 heavy (non-hydrogen) atoms. The lowest BCUT2D eigenvalue weighted by atomic mass is 9.94. The van der Waals surface area contributed by atoms with Gasteiger partial charge in [-0.3, -0.25) is 52.7 Å². The van der Waals surface area contributed by atoms with E-state index in [1.807, 2.05) is 30.3 Å². The van der Waals surface area contributed by atoms with Gasteiger partial charge in [0.25, 0.3) is 0 Å². The minimum atomic E-state index is -1.82. The molecule has 2 aromatic carbocycles. The summed E-state index contributed by atoms with van der Waals surface area (Å²) in [5.41, 5.74) is 12.6. The van der Waals surface area contributed by atoms with Gasteiger partial charge in [0.05, 0.1) is 19.3 Å². The van der Waals surface area contributed by atoms with E-state index in [1.54, 1.807) is 78.9 Å². The van der Waals surface area contributed by atoms with Crippen molar-refractivity contribution in [2.75, 3.05) is 26.8 Å². The van der Waals surface area contributed by atoms with Crippen LogP contribution in [0.15, 0.2) is 60.7 Å². The first-order chi connectivity index (χ1) is 41.8. The Bertz CT molecular complexity index is 2670. The Balaban J connectivity index is 1.87. The van der Waals surface area contributed by atoms with Crippen LogP contribution in [0.1, 0.15) is 111 Å². The monoisotopic (exact) mass is 1240 g/mol. The van der Waals surface area contributed by atoms with E-state index in [9.17, 15) is 67.7 Å². The number of ether oxygens (including phenoxy) is 1. The number of amides is 11. The minimum absolute atomic E-state index is 0.0247. The van der Waals surface area contributed by atoms with Crippen molar-refractivity contribution in [3.63, 3.8) is 0 Å². The highest BCUT2D eigenvalue weighted by Gasteiger charge is 2.41. The summed E-state index contributed by atoms with van der Waals surface area (Å²) in [6.07, 6.45) is -0.759. The van der Waals surface area contributed by atoms with Crippen LogP contribution in [0.25, 0.3) is 0 Å². The quantitative estimate of drug-likeness (QED) is 0.0317. The van der Waals surface area contributed by atoms with Crippen LogP contribution in [0.3, 0.4) is 0 Å². The molecule has 3 rings (SSSR count). The maximum atomic E-state index is 14.4. The molecule has 0 saturated carbocycles. The molecule has 488 valence electrons. The molecule has 17 N–H and O–H groups in total. The Hall–Kier alpha value is -8.08. The molecule has 1 fully saturated rings. The fourth-order valence-electron chi connectivity index (χ4n) is 9.31. The molecule has 1 heterocycles. The Kier molecular flexibility index (Phi) is 31.7. The molecular formula is C60H93N13O15. The van der Waals surface area contributed by atoms with Gasteiger partial charge in [0.2, 0.25) is 65.0 Å². The lowest BCUT2D eigenvalue weighted by Crippen LogP contribution is -2.63. The zero-order valence-corrected chi connectivity index (χ0v) is 51.8. The lowest BCUT2D eigenvalue weighted by molar-refractivity contribution is -0.157. The van der Waals surface area contributed by atoms with Gasteiger partial charge in [0.1, 0.15) is 66.5 Å². The fraction of sp³-hybridized carbons (Fsp3) is 0.600. The topological polar surface area (TPSA) is 439 Å². The number of esters is 1. The smallest absolute Gasteiger partial charge is 0.329 e. The maximum absolute atomic E-state index is 14.4. The van der Waals surface area contributed by atoms with E-state index in [0.717, 1.165) is 5.56 Å². The van der Waals surface area contributed by atoms with Crippen molar-refractivity contribution >= 4 is 70.9 Å². The third-order valence-corrected chi connectivity index (χ3v) is 15.6. The second-order valence-electron chi connectivity index (χ2n) is 22.3. The van der Waals surface area contributed by atoms with Crippen LogP contribution in [-0.4, -0.2) is 181 Å². The highest BCUT2D eigenvalue weighted by atomic mass is 16.5. The molecule has 0 bridgehead atoms. The molecule has 1 aliphatic rings. The molecule has 1 saturated heterocycles. The number of aliphatic hydroxyl groups is 2. The molecule has 0 spiro atoms. The van der Waals surface area contributed by atoms with E-state index in [1.165, 1.54) is 13.8 Å². The normalized spacial score (nSPS) is 20.7. The van der Waals surface area contributed by atoms with E-state index in [2.05, 4.69) is 58.5 Å². The van der Waals surface area contributed by atoms with Gasteiger partial charge in [-0.2, -0.15) is 0 Å². The first kappa shape index (κ1) is 74.2. The molecule has 11 amide bonds. The van der Waals surface area contributed by atoms with Crippen molar-refractivity contribution in [3.05, 3.63) is 71.8 Å². The average molecular weight is 1240 g/mol. The van der Waals surface area contributed by atoms with Crippen LogP contribution in [0.5, 0.6) is 0 Å². The number of rotatable bonds is 33. The largest absolute Gasteiger partial charge is 0.458 e. The highest BCUT2D eigenvalue weighted by molar-refractivity contribution is 5.99. The van der Waals surface area contributed by atoms with Crippen molar-refractivity contribution in [2.45, 2.75) is 186 Å². The number of nitrogens with one attached hydrogen (secondary N) is 11. The summed E-state index contributed by atoms with van der Waals surface area (Å²) >= 11 is 0. The van der Waals surface area contributed by atoms with E-state index < -0.39 is 187 Å². The molecule has 28 heteroatoms. The summed E-state index contributed by atoms with van der Waals surface area (Å²) in [6, 6.07) is 2.34. The molecule has 1 aliphatic heterocycles. The van der Waals surface area contributed by atoms with Gasteiger partial charge in [-0.05, 0) is 82.0 Å². The number of hydrogen-bond acceptors (Lipinski definition) is 17. The van der Waals surface area contributed by atoms with Gasteiger partial charge in [-0.15, -0.1) is 0 Å². The fourth-order valence-corrected chi connectivity index (χ4v) is 9.31. The number of benzene rings is 2. The molecular weight excluding hydrogens is 1140 g/mol. The van der Waals surface area contributed by atoms with Crippen LogP contribution in [0, 0.1) is 17.8 Å². The van der Waals surface area contributed by atoms with Crippen LogP contribution >= 0.6 is 0 Å². The number of likely N-dealkylation sites (N-methyl/N-ethyl adjacent to an activating group) is 1. The number of hydrogen-bond donors (Lipinski definition) is 15. The highest BCUT2D eigenvalue weighted by Crippen LogP contribution is 2.17. The van der Waals surface area contributed by atoms with Gasteiger partial charge >= 0.3 is 5.97 Å². The van der Waals surface area contributed by atoms with Gasteiger partial charge < -0.3 is 84.9 Å². The number of cyclic esters (lactones) is 1. The summed E-state index contributed by atoms with van der Waals surface area (Å²) in [5.74, 6) is -12.7. The summed E-state index contributed by atoms with van der Waals surface area (Å²) in [6.45, 7) is 10.8. The second kappa shape index (κ2) is 37.6. The molecule has 0 unspecified atom stereocenters. The summed E-state index contributed by atoms with van der Waals surface area (Å²) < 4.78 is 5.69. The predicted molar refractivity (Wildman–Crippen MR) is 323 cm³/mol. The zero-order chi connectivity index (χ0) is 65.8. The molecule has 2 aromatic rings. The van der Waals surface area contributed by atoms with Gasteiger partial charge in [-0.1, -0.05) is 121 Å². The van der Waals surface area contributed by atoms with Gasteiger partial charge in [-0.25, -0.2) is 4.79 Å². The summed E-state index contributed by atoms with van der Waals surface area (Å²) in [7, 11) is 1.59. The first-order valence-electron chi connectivity index (χ1n) is 30.0. The predicted octanol–water partition coefficient (Wildman–Crippen LogP) is -3.00. The van der Waals surface area contributed by atoms with Crippen molar-refractivity contribution < 1.29 is 72.5 Å². The first-order valence-corrected chi connectivity index (χ1v) is 30.0. The van der Waals surface area contributed by atoms with Crippen LogP contribution < -0.4 is 70.0 Å². The third kappa shape index (κ3) is 23.2. The van der Waals surface area contributed by atoms with E-state index in [0.29, 0.717) is 18.4 Å². The molecule has 0 radical (unpaired) electrons. The number of carbonyl (C=O) groups is 12. The number of nitrogens with two attached hydrogens (primary N) is 2. The average Bonchev–Trinajstić information content (AvgIpc) is 3.77. The number of primary amides is 1. The molecule has 0 aromatic heterocycles. The van der Waals surface area contributed by atoms with E-state index in [-0.39, 0.29) is 38.6 Å². The van der Waals surface area contributed by atoms with Crippen LogP contribution in [0.4, 0.5) is 0 Å². The zero-order valence-electron chi connectivity index (χ0n) is 51.8. The molecule has 15 atom stereocenters. The Morgan fingerprint density at radius 1 is 0.580 bits per heavy atom. The number of aliphatic hydroxyl groups excluding tert-OH is 2. The summed E-state index contributed by atoms with van der Waals surface area (Å²) in [4.78, 5) is 165. The molecule has 0 aliphatic carbocycles. The number of carbonyl (C=O) groups excluding carboxylic acids is 12. The van der Waals surface area contributed by atoms with Crippen molar-refractivity contribution in [2.24, 2.45) is 29.2 Å². The van der Waals surface area contributed by atoms with Crippen molar-refractivity contribution in [1.82, 2.24) is 58.5 Å². The standard InChI is InChI=1S/C60H93N13O15/c1-10-32(4)46(57(84)69-44(31-75)56(83)73-49-36(8)88-60(87)48(34(6)12-3)72-51(78)39(24-19-27-61)65-50(77)35(7)64-59(49)86)71-58(85)47(33(5)11-2)70-52(79)40(25-26-45(62)76)66-55(82)43(30-74)68-54(81)42(29-38-22-17-14-18-23-38)67-53(80)41(63-9)28-37-20-15-13-16-21-37/h13-18,20-23,32-36,39-44,46-49,63,74-75H,10-12,19,24-31,61H2,1-9H3,(H2,62,76)(H,64,86)(H,65,77)(H,66,82)(H,67,80)(H,68,81)(H,69,84)(H,70,79)(H,71,85)(H,72,78)(H,73,83)/t32-,33+,34-,35-,36-,39-,40+,41+,42-,43-,44-,46-,47+,48-,49+/m0/s1.